The maximum atomic E-state index is 10.5. The van der Waals surface area contributed by atoms with Crippen molar-refractivity contribution in [3.8, 4) is 0 Å². The average Bonchev–Trinajstić information content (AvgIpc) is 1.85. The average molecular weight is 155 g/mol. The third kappa shape index (κ3) is 8.43. The number of nitrogens with two attached hydrogens (primary N) is 1. The minimum atomic E-state index is -0.150. The summed E-state index contributed by atoms with van der Waals surface area (Å²) >= 11 is 0. The van der Waals surface area contributed by atoms with Crippen molar-refractivity contribution in [2.24, 2.45) is 5.73 Å². The zero-order chi connectivity index (χ0) is 7.11. The Labute approximate surface area is 83.6 Å². The van der Waals surface area contributed by atoms with Gasteiger partial charge < -0.3 is 10.5 Å². The van der Waals surface area contributed by atoms with Gasteiger partial charge in [-0.15, -0.1) is 0 Å². The molecular formula is C6H14NNaO2. The van der Waals surface area contributed by atoms with Crippen LogP contribution in [0.5, 0.6) is 0 Å². The van der Waals surface area contributed by atoms with Gasteiger partial charge in [0.05, 0.1) is 0 Å². The standard InChI is InChI=1S/C6H13NO2.Na.H/c1-2-3-6(8)9-5-4-7;;/h2-5,7H2,1H3;;. The van der Waals surface area contributed by atoms with E-state index in [0.717, 1.165) is 6.42 Å². The second-order valence-electron chi connectivity index (χ2n) is 1.76. The molecule has 0 aromatic heterocycles. The first-order valence-electron chi connectivity index (χ1n) is 3.17. The quantitative estimate of drug-likeness (QED) is 0.445. The van der Waals surface area contributed by atoms with Gasteiger partial charge in [0.15, 0.2) is 0 Å². The van der Waals surface area contributed by atoms with Crippen LogP contribution < -0.4 is 5.73 Å². The predicted molar refractivity (Wildman–Crippen MR) is 42.1 cm³/mol. The van der Waals surface area contributed by atoms with E-state index in [1.807, 2.05) is 6.92 Å². The van der Waals surface area contributed by atoms with Crippen molar-refractivity contribution < 1.29 is 9.53 Å². The molecule has 4 heteroatoms. The molecule has 0 saturated heterocycles. The monoisotopic (exact) mass is 155 g/mol. The molecule has 0 aromatic carbocycles. The van der Waals surface area contributed by atoms with Crippen molar-refractivity contribution in [1.82, 2.24) is 0 Å². The zero-order valence-corrected chi connectivity index (χ0v) is 5.72. The van der Waals surface area contributed by atoms with Crippen molar-refractivity contribution >= 4 is 35.5 Å². The van der Waals surface area contributed by atoms with Crippen LogP contribution in [0.1, 0.15) is 19.8 Å². The maximum absolute atomic E-state index is 10.5. The number of carbonyl (C=O) groups excluding carboxylic acids is 1. The van der Waals surface area contributed by atoms with E-state index in [0.29, 0.717) is 19.6 Å². The van der Waals surface area contributed by atoms with E-state index in [9.17, 15) is 4.79 Å². The van der Waals surface area contributed by atoms with Gasteiger partial charge in [-0.2, -0.15) is 0 Å². The SMILES string of the molecule is CCCC(=O)OCCN.[NaH]. The van der Waals surface area contributed by atoms with E-state index in [-0.39, 0.29) is 35.5 Å². The van der Waals surface area contributed by atoms with Crippen LogP contribution in [-0.2, 0) is 9.53 Å². The Kier molecular flexibility index (Phi) is 12.3. The van der Waals surface area contributed by atoms with E-state index < -0.39 is 0 Å². The Hall–Kier alpha value is 0.430. The molecule has 0 aliphatic rings. The molecule has 0 spiro atoms. The summed E-state index contributed by atoms with van der Waals surface area (Å²) in [5.74, 6) is -0.150. The van der Waals surface area contributed by atoms with Crippen LogP contribution in [0.3, 0.4) is 0 Å². The van der Waals surface area contributed by atoms with E-state index in [4.69, 9.17) is 5.73 Å². The Bertz CT molecular complexity index is 87.8. The number of rotatable bonds is 4. The van der Waals surface area contributed by atoms with Crippen molar-refractivity contribution in [3.05, 3.63) is 0 Å². The third-order valence-corrected chi connectivity index (χ3v) is 0.835. The van der Waals surface area contributed by atoms with Crippen molar-refractivity contribution in [2.45, 2.75) is 19.8 Å². The van der Waals surface area contributed by atoms with Crippen LogP contribution in [0.15, 0.2) is 0 Å². The van der Waals surface area contributed by atoms with Gasteiger partial charge >= 0.3 is 35.5 Å². The molecule has 0 rings (SSSR count). The Morgan fingerprint density at radius 2 is 2.20 bits per heavy atom. The van der Waals surface area contributed by atoms with Gasteiger partial charge in [0, 0.05) is 13.0 Å². The first-order chi connectivity index (χ1) is 4.31. The normalized spacial score (nSPS) is 8.20. The van der Waals surface area contributed by atoms with Gasteiger partial charge in [-0.3, -0.25) is 4.79 Å². The van der Waals surface area contributed by atoms with Crippen LogP contribution in [0, 0.1) is 0 Å². The summed E-state index contributed by atoms with van der Waals surface area (Å²) in [5, 5.41) is 0. The molecule has 0 bridgehead atoms. The number of ether oxygens (including phenoxy) is 1. The van der Waals surface area contributed by atoms with Crippen LogP contribution >= 0.6 is 0 Å². The molecule has 0 heterocycles. The molecule has 56 valence electrons. The summed E-state index contributed by atoms with van der Waals surface area (Å²) < 4.78 is 4.67. The van der Waals surface area contributed by atoms with Gasteiger partial charge in [0.2, 0.25) is 0 Å². The summed E-state index contributed by atoms with van der Waals surface area (Å²) in [4.78, 5) is 10.5. The molecule has 0 amide bonds. The number of hydrogen-bond donors (Lipinski definition) is 1. The fourth-order valence-electron chi connectivity index (χ4n) is 0.449. The van der Waals surface area contributed by atoms with Crippen LogP contribution in [0.2, 0.25) is 0 Å². The second-order valence-corrected chi connectivity index (χ2v) is 1.76. The summed E-state index contributed by atoms with van der Waals surface area (Å²) in [6.45, 7) is 2.69. The molecule has 2 N–H and O–H groups in total. The molecule has 0 atom stereocenters. The molecule has 0 fully saturated rings. The molecule has 0 unspecified atom stereocenters. The second kappa shape index (κ2) is 9.43. The molecular weight excluding hydrogens is 141 g/mol. The molecule has 0 aromatic rings. The predicted octanol–water partition coefficient (Wildman–Crippen LogP) is -0.360. The van der Waals surface area contributed by atoms with Crippen LogP contribution in [0.4, 0.5) is 0 Å². The van der Waals surface area contributed by atoms with Gasteiger partial charge in [0.25, 0.3) is 0 Å². The van der Waals surface area contributed by atoms with Gasteiger partial charge in [-0.25, -0.2) is 0 Å². The first kappa shape index (κ1) is 13.1. The number of carbonyl (C=O) groups is 1. The molecule has 0 aliphatic heterocycles. The first-order valence-corrected chi connectivity index (χ1v) is 3.17. The zero-order valence-electron chi connectivity index (χ0n) is 5.72. The van der Waals surface area contributed by atoms with E-state index >= 15 is 0 Å². The van der Waals surface area contributed by atoms with Crippen LogP contribution in [0.25, 0.3) is 0 Å². The van der Waals surface area contributed by atoms with Gasteiger partial charge in [-0.05, 0) is 6.42 Å². The number of esters is 1. The summed E-state index contributed by atoms with van der Waals surface area (Å²) in [6.07, 6.45) is 1.34. The van der Waals surface area contributed by atoms with Crippen molar-refractivity contribution in [1.29, 1.82) is 0 Å². The van der Waals surface area contributed by atoms with Crippen LogP contribution in [-0.4, -0.2) is 48.7 Å². The minimum absolute atomic E-state index is 0. The van der Waals surface area contributed by atoms with Gasteiger partial charge in [0.1, 0.15) is 6.61 Å². The fourth-order valence-corrected chi connectivity index (χ4v) is 0.449. The van der Waals surface area contributed by atoms with Gasteiger partial charge in [-0.1, -0.05) is 6.92 Å². The fraction of sp³-hybridized carbons (Fsp3) is 0.833. The summed E-state index contributed by atoms with van der Waals surface area (Å²) in [5.41, 5.74) is 5.10. The topological polar surface area (TPSA) is 52.3 Å². The molecule has 0 aliphatic carbocycles. The molecule has 0 radical (unpaired) electrons. The van der Waals surface area contributed by atoms with E-state index in [1.54, 1.807) is 0 Å². The Balaban J connectivity index is 0. The Morgan fingerprint density at radius 3 is 2.60 bits per heavy atom. The molecule has 10 heavy (non-hydrogen) atoms. The van der Waals surface area contributed by atoms with Crippen molar-refractivity contribution in [3.63, 3.8) is 0 Å². The summed E-state index contributed by atoms with van der Waals surface area (Å²) in [6, 6.07) is 0. The summed E-state index contributed by atoms with van der Waals surface area (Å²) in [7, 11) is 0. The van der Waals surface area contributed by atoms with E-state index in [2.05, 4.69) is 4.74 Å². The van der Waals surface area contributed by atoms with Crippen molar-refractivity contribution in [2.75, 3.05) is 13.2 Å². The van der Waals surface area contributed by atoms with E-state index in [1.165, 1.54) is 0 Å². The molecule has 0 saturated carbocycles. The third-order valence-electron chi connectivity index (χ3n) is 0.835. The molecule has 3 nitrogen and oxygen atoms in total. The number of hydrogen-bond acceptors (Lipinski definition) is 3. The Morgan fingerprint density at radius 1 is 1.60 bits per heavy atom.